The quantitative estimate of drug-likeness (QED) is 0.142. The first kappa shape index (κ1) is 24.9. The fraction of sp³-hybridized carbons (Fsp3) is 0.269. The lowest BCUT2D eigenvalue weighted by molar-refractivity contribution is -0.384. The molecule has 2 aromatic heterocycles. The summed E-state index contributed by atoms with van der Waals surface area (Å²) in [7, 11) is 0. The molecule has 1 N–H and O–H groups in total. The molecule has 36 heavy (non-hydrogen) atoms. The third kappa shape index (κ3) is 5.21. The van der Waals surface area contributed by atoms with Crippen LogP contribution in [0.1, 0.15) is 46.8 Å². The Morgan fingerprint density at radius 3 is 2.89 bits per heavy atom. The topological polar surface area (TPSA) is 135 Å². The molecule has 0 bridgehead atoms. The van der Waals surface area contributed by atoms with Gasteiger partial charge in [0.15, 0.2) is 0 Å². The maximum Gasteiger partial charge on any atom is 0.341 e. The maximum atomic E-state index is 13.0. The van der Waals surface area contributed by atoms with Gasteiger partial charge in [0.05, 0.1) is 17.1 Å². The SMILES string of the molecule is CCOC(=O)c1c(NC(=O)/C(C#N)=C/c2ccc(-c3cccc([N+](=O)[O-])c3)o2)sc2c1CC[C@@H](C)C2. The number of hydrogen-bond acceptors (Lipinski definition) is 8. The Morgan fingerprint density at radius 2 is 2.17 bits per heavy atom. The lowest BCUT2D eigenvalue weighted by atomic mass is 9.88. The number of esters is 1. The van der Waals surface area contributed by atoms with Crippen LogP contribution in [0, 0.1) is 27.4 Å². The average Bonchev–Trinajstić information content (AvgIpc) is 3.46. The molecule has 0 saturated heterocycles. The van der Waals surface area contributed by atoms with Crippen molar-refractivity contribution in [2.24, 2.45) is 5.92 Å². The largest absolute Gasteiger partial charge is 0.462 e. The summed E-state index contributed by atoms with van der Waals surface area (Å²) in [6, 6.07) is 11.0. The standard InChI is InChI=1S/C26H23N3O6S/c1-3-34-26(31)23-20-9-7-15(2)11-22(20)36-25(23)28-24(30)17(14-27)13-19-8-10-21(35-19)16-5-4-6-18(12-16)29(32)33/h4-6,8,10,12-13,15H,3,7,9,11H2,1-2H3,(H,28,30)/b17-13+/t15-/m1/s1. The molecule has 1 aliphatic rings. The monoisotopic (exact) mass is 505 g/mol. The summed E-state index contributed by atoms with van der Waals surface area (Å²) in [5, 5.41) is 23.8. The van der Waals surface area contributed by atoms with Gasteiger partial charge in [-0.05, 0) is 49.8 Å². The molecule has 1 aromatic carbocycles. The number of nitrogens with zero attached hydrogens (tertiary/aromatic N) is 2. The molecule has 0 unspecified atom stereocenters. The highest BCUT2D eigenvalue weighted by atomic mass is 32.1. The first-order valence-corrected chi connectivity index (χ1v) is 12.2. The van der Waals surface area contributed by atoms with E-state index < -0.39 is 16.8 Å². The first-order valence-electron chi connectivity index (χ1n) is 11.4. The van der Waals surface area contributed by atoms with Crippen molar-refractivity contribution in [2.75, 3.05) is 11.9 Å². The number of carbonyl (C=O) groups excluding carboxylic acids is 2. The number of furan rings is 1. The van der Waals surface area contributed by atoms with Gasteiger partial charge in [-0.25, -0.2) is 4.79 Å². The lowest BCUT2D eigenvalue weighted by Gasteiger charge is -2.18. The van der Waals surface area contributed by atoms with Crippen molar-refractivity contribution in [1.29, 1.82) is 5.26 Å². The minimum atomic E-state index is -0.678. The molecular weight excluding hydrogens is 482 g/mol. The number of hydrogen-bond donors (Lipinski definition) is 1. The summed E-state index contributed by atoms with van der Waals surface area (Å²) in [6.45, 7) is 4.08. The Labute approximate surface area is 211 Å². The van der Waals surface area contributed by atoms with E-state index in [0.29, 0.717) is 27.8 Å². The van der Waals surface area contributed by atoms with E-state index in [0.717, 1.165) is 29.7 Å². The summed E-state index contributed by atoms with van der Waals surface area (Å²) in [5.41, 5.74) is 1.46. The number of nitro benzene ring substituents is 1. The normalized spacial score (nSPS) is 15.0. The van der Waals surface area contributed by atoms with Crippen LogP contribution < -0.4 is 5.32 Å². The van der Waals surface area contributed by atoms with Crippen LogP contribution in [0.3, 0.4) is 0 Å². The van der Waals surface area contributed by atoms with Gasteiger partial charge >= 0.3 is 5.97 Å². The summed E-state index contributed by atoms with van der Waals surface area (Å²) in [4.78, 5) is 37.3. The molecule has 2 heterocycles. The second-order valence-electron chi connectivity index (χ2n) is 8.41. The van der Waals surface area contributed by atoms with Crippen LogP contribution in [0.15, 0.2) is 46.4 Å². The Balaban J connectivity index is 1.60. The van der Waals surface area contributed by atoms with Gasteiger partial charge in [-0.1, -0.05) is 19.1 Å². The van der Waals surface area contributed by atoms with Crippen molar-refractivity contribution in [3.63, 3.8) is 0 Å². The van der Waals surface area contributed by atoms with Crippen molar-refractivity contribution in [3.8, 4) is 17.4 Å². The minimum Gasteiger partial charge on any atom is -0.462 e. The van der Waals surface area contributed by atoms with E-state index in [1.165, 1.54) is 29.5 Å². The number of rotatable bonds is 7. The second-order valence-corrected chi connectivity index (χ2v) is 9.51. The average molecular weight is 506 g/mol. The zero-order chi connectivity index (χ0) is 25.8. The number of benzene rings is 1. The number of anilines is 1. The van der Waals surface area contributed by atoms with Crippen molar-refractivity contribution in [3.05, 3.63) is 73.8 Å². The predicted octanol–water partition coefficient (Wildman–Crippen LogP) is 5.76. The molecule has 1 amide bonds. The zero-order valence-corrected chi connectivity index (χ0v) is 20.5. The molecule has 9 nitrogen and oxygen atoms in total. The summed E-state index contributed by atoms with van der Waals surface area (Å²) in [5.74, 6) is -0.109. The van der Waals surface area contributed by atoms with Gasteiger partial charge in [-0.2, -0.15) is 5.26 Å². The van der Waals surface area contributed by atoms with E-state index in [4.69, 9.17) is 9.15 Å². The van der Waals surface area contributed by atoms with Gasteiger partial charge in [0.2, 0.25) is 0 Å². The highest BCUT2D eigenvalue weighted by molar-refractivity contribution is 7.17. The van der Waals surface area contributed by atoms with Gasteiger partial charge in [0, 0.05) is 28.6 Å². The van der Waals surface area contributed by atoms with Gasteiger partial charge in [-0.15, -0.1) is 11.3 Å². The smallest absolute Gasteiger partial charge is 0.341 e. The fourth-order valence-corrected chi connectivity index (χ4v) is 5.47. The van der Waals surface area contributed by atoms with Gasteiger partial charge < -0.3 is 14.5 Å². The molecule has 1 aliphatic carbocycles. The number of ether oxygens (including phenoxy) is 1. The van der Waals surface area contributed by atoms with E-state index in [1.807, 2.05) is 6.07 Å². The molecule has 0 saturated carbocycles. The number of nitro groups is 1. The minimum absolute atomic E-state index is 0.0801. The van der Waals surface area contributed by atoms with Crippen molar-refractivity contribution in [1.82, 2.24) is 0 Å². The molecule has 0 fully saturated rings. The Morgan fingerprint density at radius 1 is 1.36 bits per heavy atom. The molecule has 10 heteroatoms. The Kier molecular flexibility index (Phi) is 7.31. The number of nitriles is 1. The van der Waals surface area contributed by atoms with Crippen LogP contribution in [0.4, 0.5) is 10.7 Å². The Hall–Kier alpha value is -4.23. The maximum absolute atomic E-state index is 13.0. The van der Waals surface area contributed by atoms with E-state index in [-0.39, 0.29) is 23.6 Å². The van der Waals surface area contributed by atoms with Crippen LogP contribution in [0.25, 0.3) is 17.4 Å². The van der Waals surface area contributed by atoms with Crippen LogP contribution in [-0.4, -0.2) is 23.4 Å². The van der Waals surface area contributed by atoms with Crippen LogP contribution in [0.2, 0.25) is 0 Å². The molecule has 4 rings (SSSR count). The molecule has 184 valence electrons. The number of nitrogens with one attached hydrogen (secondary N) is 1. The molecular formula is C26H23N3O6S. The zero-order valence-electron chi connectivity index (χ0n) is 19.7. The van der Waals surface area contributed by atoms with Crippen molar-refractivity contribution >= 4 is 40.0 Å². The number of thiophene rings is 1. The van der Waals surface area contributed by atoms with E-state index in [2.05, 4.69) is 12.2 Å². The van der Waals surface area contributed by atoms with Crippen molar-refractivity contribution < 1.29 is 23.7 Å². The first-order chi connectivity index (χ1) is 17.3. The highest BCUT2D eigenvalue weighted by Crippen LogP contribution is 2.40. The summed E-state index contributed by atoms with van der Waals surface area (Å²) in [6.07, 6.45) is 3.77. The molecule has 0 spiro atoms. The summed E-state index contributed by atoms with van der Waals surface area (Å²) < 4.78 is 10.9. The predicted molar refractivity (Wildman–Crippen MR) is 134 cm³/mol. The number of fused-ring (bicyclic) bond motifs is 1. The Bertz CT molecular complexity index is 1410. The highest BCUT2D eigenvalue weighted by Gasteiger charge is 2.29. The van der Waals surface area contributed by atoms with E-state index in [1.54, 1.807) is 31.2 Å². The lowest BCUT2D eigenvalue weighted by Crippen LogP contribution is -2.17. The van der Waals surface area contributed by atoms with Crippen LogP contribution >= 0.6 is 11.3 Å². The van der Waals surface area contributed by atoms with Crippen LogP contribution in [0.5, 0.6) is 0 Å². The molecule has 0 aliphatic heterocycles. The molecule has 0 radical (unpaired) electrons. The third-order valence-electron chi connectivity index (χ3n) is 5.84. The molecule has 1 atom stereocenters. The van der Waals surface area contributed by atoms with Gasteiger partial charge in [0.1, 0.15) is 28.2 Å². The van der Waals surface area contributed by atoms with E-state index in [9.17, 15) is 25.0 Å². The second kappa shape index (κ2) is 10.6. The number of non-ortho nitro benzene ring substituents is 1. The number of carbonyl (C=O) groups is 2. The van der Waals surface area contributed by atoms with Crippen LogP contribution in [-0.2, 0) is 22.4 Å². The van der Waals surface area contributed by atoms with Gasteiger partial charge in [-0.3, -0.25) is 14.9 Å². The third-order valence-corrected chi connectivity index (χ3v) is 7.01. The van der Waals surface area contributed by atoms with Crippen molar-refractivity contribution in [2.45, 2.75) is 33.1 Å². The van der Waals surface area contributed by atoms with Gasteiger partial charge in [0.25, 0.3) is 11.6 Å². The fourth-order valence-electron chi connectivity index (χ4n) is 4.08. The number of amides is 1. The van der Waals surface area contributed by atoms with E-state index >= 15 is 0 Å². The summed E-state index contributed by atoms with van der Waals surface area (Å²) >= 11 is 1.34. The molecule has 3 aromatic rings.